The molecular weight excluding hydrogens is 316 g/mol. The molecule has 2 rings (SSSR count). The fraction of sp³-hybridized carbons (Fsp3) is 0.154. The Morgan fingerprint density at radius 2 is 2.24 bits per heavy atom. The Morgan fingerprint density at radius 1 is 1.48 bits per heavy atom. The maximum atomic E-state index is 11.9. The molecule has 0 saturated heterocycles. The number of amides is 1. The van der Waals surface area contributed by atoms with E-state index in [1.54, 1.807) is 12.1 Å². The van der Waals surface area contributed by atoms with Crippen LogP contribution in [0.3, 0.4) is 0 Å². The molecule has 1 unspecified atom stereocenters. The van der Waals surface area contributed by atoms with Gasteiger partial charge in [0.1, 0.15) is 11.1 Å². The summed E-state index contributed by atoms with van der Waals surface area (Å²) >= 11 is 7.06. The second-order valence-corrected chi connectivity index (χ2v) is 5.55. The first-order valence-electron chi connectivity index (χ1n) is 5.92. The van der Waals surface area contributed by atoms with Crippen LogP contribution < -0.4 is 5.32 Å². The molecule has 0 radical (unpaired) electrons. The number of halogens is 1. The summed E-state index contributed by atoms with van der Waals surface area (Å²) < 4.78 is 0. The predicted octanol–water partition coefficient (Wildman–Crippen LogP) is 2.77. The van der Waals surface area contributed by atoms with Crippen molar-refractivity contribution in [1.29, 1.82) is 0 Å². The molecule has 0 spiro atoms. The van der Waals surface area contributed by atoms with Crippen LogP contribution in [0.15, 0.2) is 35.7 Å². The van der Waals surface area contributed by atoms with Crippen LogP contribution in [0.5, 0.6) is 0 Å². The normalized spacial score (nSPS) is 11.9. The van der Waals surface area contributed by atoms with E-state index in [4.69, 9.17) is 11.6 Å². The van der Waals surface area contributed by atoms with Crippen molar-refractivity contribution in [1.82, 2.24) is 5.32 Å². The van der Waals surface area contributed by atoms with Crippen molar-refractivity contribution in [2.75, 3.05) is 6.54 Å². The van der Waals surface area contributed by atoms with Gasteiger partial charge in [-0.2, -0.15) is 0 Å². The topological polar surface area (TPSA) is 92.5 Å². The molecule has 2 N–H and O–H groups in total. The molecule has 21 heavy (non-hydrogen) atoms. The van der Waals surface area contributed by atoms with E-state index >= 15 is 0 Å². The molecule has 8 heteroatoms. The number of hydrogen-bond donors (Lipinski definition) is 2. The zero-order valence-corrected chi connectivity index (χ0v) is 12.2. The highest BCUT2D eigenvalue weighted by Gasteiger charge is 2.17. The SMILES string of the molecule is O=C(NCC(O)c1cccs1)c1ccc(Cl)c([N+](=O)[O-])c1. The Balaban J connectivity index is 2.04. The van der Waals surface area contributed by atoms with Crippen LogP contribution in [0, 0.1) is 10.1 Å². The maximum absolute atomic E-state index is 11.9. The highest BCUT2D eigenvalue weighted by molar-refractivity contribution is 7.10. The van der Waals surface area contributed by atoms with Crippen molar-refractivity contribution in [2.24, 2.45) is 0 Å². The van der Waals surface area contributed by atoms with Gasteiger partial charge in [0.2, 0.25) is 0 Å². The minimum atomic E-state index is -0.809. The van der Waals surface area contributed by atoms with E-state index < -0.39 is 16.9 Å². The Hall–Kier alpha value is -1.96. The first-order chi connectivity index (χ1) is 9.99. The average Bonchev–Trinajstić information content (AvgIpc) is 2.98. The van der Waals surface area contributed by atoms with Gasteiger partial charge in [-0.15, -0.1) is 11.3 Å². The molecule has 1 amide bonds. The van der Waals surface area contributed by atoms with Crippen molar-refractivity contribution in [3.05, 3.63) is 61.3 Å². The molecule has 2 aromatic rings. The number of aliphatic hydroxyl groups excluding tert-OH is 1. The smallest absolute Gasteiger partial charge is 0.288 e. The molecule has 0 fully saturated rings. The van der Waals surface area contributed by atoms with Crippen molar-refractivity contribution >= 4 is 34.5 Å². The zero-order valence-electron chi connectivity index (χ0n) is 10.7. The van der Waals surface area contributed by atoms with Crippen molar-refractivity contribution < 1.29 is 14.8 Å². The number of nitro groups is 1. The summed E-state index contributed by atoms with van der Waals surface area (Å²) in [5, 5.41) is 24.9. The summed E-state index contributed by atoms with van der Waals surface area (Å²) in [6.45, 7) is 0.0236. The lowest BCUT2D eigenvalue weighted by Crippen LogP contribution is -2.28. The van der Waals surface area contributed by atoms with Crippen LogP contribution in [0.25, 0.3) is 0 Å². The summed E-state index contributed by atoms with van der Waals surface area (Å²) in [5.74, 6) is -0.509. The third kappa shape index (κ3) is 3.78. The van der Waals surface area contributed by atoms with E-state index in [0.717, 1.165) is 10.9 Å². The number of benzene rings is 1. The Kier molecular flexibility index (Phi) is 4.89. The van der Waals surface area contributed by atoms with Crippen molar-refractivity contribution in [3.8, 4) is 0 Å². The maximum Gasteiger partial charge on any atom is 0.288 e. The summed E-state index contributed by atoms with van der Waals surface area (Å²) in [7, 11) is 0. The van der Waals surface area contributed by atoms with Gasteiger partial charge in [-0.25, -0.2) is 0 Å². The van der Waals surface area contributed by atoms with Crippen LogP contribution >= 0.6 is 22.9 Å². The number of nitrogens with zero attached hydrogens (tertiary/aromatic N) is 1. The second kappa shape index (κ2) is 6.66. The molecule has 1 heterocycles. The van der Waals surface area contributed by atoms with Gasteiger partial charge in [0, 0.05) is 23.1 Å². The minimum absolute atomic E-state index is 0.0236. The number of thiophene rings is 1. The lowest BCUT2D eigenvalue weighted by molar-refractivity contribution is -0.384. The zero-order chi connectivity index (χ0) is 15.4. The van der Waals surface area contributed by atoms with Crippen LogP contribution in [-0.2, 0) is 0 Å². The number of carbonyl (C=O) groups is 1. The Labute approximate surface area is 129 Å². The van der Waals surface area contributed by atoms with E-state index in [1.165, 1.54) is 23.5 Å². The highest BCUT2D eigenvalue weighted by Crippen LogP contribution is 2.25. The molecule has 0 saturated carbocycles. The standard InChI is InChI=1S/C13H11ClN2O4S/c14-9-4-3-8(6-10(9)16(19)20)13(18)15-7-11(17)12-2-1-5-21-12/h1-6,11,17H,7H2,(H,15,18). The summed E-state index contributed by atoms with van der Waals surface area (Å²) in [4.78, 5) is 22.8. The fourth-order valence-corrected chi connectivity index (χ4v) is 2.57. The lowest BCUT2D eigenvalue weighted by atomic mass is 10.2. The number of carbonyl (C=O) groups excluding carboxylic acids is 1. The van der Waals surface area contributed by atoms with E-state index in [1.807, 2.05) is 5.38 Å². The first kappa shape index (κ1) is 15.4. The van der Waals surface area contributed by atoms with Gasteiger partial charge in [0.05, 0.1) is 4.92 Å². The highest BCUT2D eigenvalue weighted by atomic mass is 35.5. The van der Waals surface area contributed by atoms with Gasteiger partial charge in [-0.05, 0) is 23.6 Å². The predicted molar refractivity (Wildman–Crippen MR) is 79.7 cm³/mol. The number of nitrogens with one attached hydrogen (secondary N) is 1. The third-order valence-corrected chi connectivity index (χ3v) is 4.03. The molecule has 0 bridgehead atoms. The molecular formula is C13H11ClN2O4S. The van der Waals surface area contributed by atoms with Crippen LogP contribution in [0.4, 0.5) is 5.69 Å². The average molecular weight is 327 g/mol. The summed E-state index contributed by atoms with van der Waals surface area (Å²) in [5.41, 5.74) is -0.215. The Morgan fingerprint density at radius 3 is 2.86 bits per heavy atom. The molecule has 1 aromatic heterocycles. The fourth-order valence-electron chi connectivity index (χ4n) is 1.67. The monoisotopic (exact) mass is 326 g/mol. The van der Waals surface area contributed by atoms with Gasteiger partial charge in [-0.1, -0.05) is 17.7 Å². The third-order valence-electron chi connectivity index (χ3n) is 2.73. The minimum Gasteiger partial charge on any atom is -0.386 e. The molecule has 1 aromatic carbocycles. The second-order valence-electron chi connectivity index (χ2n) is 4.16. The molecule has 0 aliphatic heterocycles. The van der Waals surface area contributed by atoms with Crippen LogP contribution in [0.1, 0.15) is 21.3 Å². The largest absolute Gasteiger partial charge is 0.386 e. The molecule has 1 atom stereocenters. The van der Waals surface area contributed by atoms with Gasteiger partial charge < -0.3 is 10.4 Å². The van der Waals surface area contributed by atoms with E-state index in [0.29, 0.717) is 0 Å². The van der Waals surface area contributed by atoms with Gasteiger partial charge in [0.15, 0.2) is 0 Å². The summed E-state index contributed by atoms with van der Waals surface area (Å²) in [6, 6.07) is 7.35. The Bertz CT molecular complexity index is 660. The van der Waals surface area contributed by atoms with Crippen molar-refractivity contribution in [3.63, 3.8) is 0 Å². The number of aliphatic hydroxyl groups is 1. The molecule has 0 aliphatic rings. The van der Waals surface area contributed by atoms with E-state index in [2.05, 4.69) is 5.32 Å². The number of rotatable bonds is 5. The van der Waals surface area contributed by atoms with E-state index in [-0.39, 0.29) is 22.8 Å². The van der Waals surface area contributed by atoms with Gasteiger partial charge in [-0.3, -0.25) is 14.9 Å². The van der Waals surface area contributed by atoms with E-state index in [9.17, 15) is 20.0 Å². The number of hydrogen-bond acceptors (Lipinski definition) is 5. The molecule has 0 aliphatic carbocycles. The first-order valence-corrected chi connectivity index (χ1v) is 7.18. The van der Waals surface area contributed by atoms with Crippen molar-refractivity contribution in [2.45, 2.75) is 6.10 Å². The lowest BCUT2D eigenvalue weighted by Gasteiger charge is -2.10. The van der Waals surface area contributed by atoms with Gasteiger partial charge in [0.25, 0.3) is 11.6 Å². The number of nitro benzene ring substituents is 1. The van der Waals surface area contributed by atoms with Crippen LogP contribution in [0.2, 0.25) is 5.02 Å². The van der Waals surface area contributed by atoms with Gasteiger partial charge >= 0.3 is 0 Å². The van der Waals surface area contributed by atoms with Crippen LogP contribution in [-0.4, -0.2) is 22.5 Å². The molecule has 6 nitrogen and oxygen atoms in total. The summed E-state index contributed by atoms with van der Waals surface area (Å²) in [6.07, 6.45) is -0.809. The quantitative estimate of drug-likeness (QED) is 0.652. The molecule has 110 valence electrons.